The van der Waals surface area contributed by atoms with E-state index in [0.717, 1.165) is 57.2 Å². The summed E-state index contributed by atoms with van der Waals surface area (Å²) in [4.78, 5) is 6.88. The number of H-pyrrole nitrogens is 1. The normalized spacial score (nSPS) is 26.7. The number of hydrogen-bond donors (Lipinski definition) is 2. The lowest BCUT2D eigenvalue weighted by Crippen LogP contribution is -2.40. The summed E-state index contributed by atoms with van der Waals surface area (Å²) in [5.41, 5.74) is 5.98. The lowest BCUT2D eigenvalue weighted by molar-refractivity contribution is 0.00968. The smallest absolute Gasteiger partial charge is 0.244 e. The quantitative estimate of drug-likeness (QED) is 0.878. The molecule has 1 aromatic rings. The number of nitrogens with zero attached hydrogens (tertiary/aromatic N) is 3. The molecule has 2 fully saturated rings. The standard InChI is InChI=1S/C14H25N5O/c1-10(15)11-5-7-19(8-6-11)14-16-13(17-18-14)12-4-2-3-9-20-12/h10-12H,2-9,15H2,1H3,(H,16,17,18). The highest BCUT2D eigenvalue weighted by Gasteiger charge is 2.25. The van der Waals surface area contributed by atoms with Crippen molar-refractivity contribution in [1.82, 2.24) is 15.2 Å². The Bertz CT molecular complexity index is 419. The molecule has 2 aliphatic heterocycles. The lowest BCUT2D eigenvalue weighted by Gasteiger charge is -2.32. The van der Waals surface area contributed by atoms with E-state index in [1.807, 2.05) is 0 Å². The molecule has 2 unspecified atom stereocenters. The molecule has 112 valence electrons. The fourth-order valence-electron chi connectivity index (χ4n) is 3.13. The highest BCUT2D eigenvalue weighted by atomic mass is 16.5. The summed E-state index contributed by atoms with van der Waals surface area (Å²) >= 11 is 0. The van der Waals surface area contributed by atoms with Crippen molar-refractivity contribution in [2.24, 2.45) is 11.7 Å². The first-order valence-electron chi connectivity index (χ1n) is 7.78. The minimum atomic E-state index is 0.103. The summed E-state index contributed by atoms with van der Waals surface area (Å²) in [7, 11) is 0. The maximum atomic E-state index is 5.98. The summed E-state index contributed by atoms with van der Waals surface area (Å²) in [5.74, 6) is 2.33. The minimum absolute atomic E-state index is 0.103. The molecule has 0 bridgehead atoms. The van der Waals surface area contributed by atoms with E-state index in [0.29, 0.717) is 5.92 Å². The number of nitrogens with two attached hydrogens (primary N) is 1. The fraction of sp³-hybridized carbons (Fsp3) is 0.857. The topological polar surface area (TPSA) is 80.1 Å². The van der Waals surface area contributed by atoms with Crippen LogP contribution in [0.5, 0.6) is 0 Å². The van der Waals surface area contributed by atoms with Crippen molar-refractivity contribution in [3.05, 3.63) is 5.82 Å². The first-order chi connectivity index (χ1) is 9.74. The van der Waals surface area contributed by atoms with Crippen molar-refractivity contribution < 1.29 is 4.74 Å². The third-order valence-corrected chi connectivity index (χ3v) is 4.54. The van der Waals surface area contributed by atoms with Crippen LogP contribution < -0.4 is 10.6 Å². The average molecular weight is 279 g/mol. The zero-order chi connectivity index (χ0) is 13.9. The highest BCUT2D eigenvalue weighted by Crippen LogP contribution is 2.27. The molecule has 1 aromatic heterocycles. The average Bonchev–Trinajstić information content (AvgIpc) is 2.98. The Hall–Kier alpha value is -1.14. The molecule has 2 saturated heterocycles. The molecule has 20 heavy (non-hydrogen) atoms. The molecule has 3 heterocycles. The van der Waals surface area contributed by atoms with E-state index in [-0.39, 0.29) is 12.1 Å². The van der Waals surface area contributed by atoms with E-state index in [4.69, 9.17) is 10.5 Å². The second-order valence-corrected chi connectivity index (χ2v) is 6.06. The summed E-state index contributed by atoms with van der Waals surface area (Å²) in [5, 5.41) is 7.42. The van der Waals surface area contributed by atoms with Crippen molar-refractivity contribution in [3.63, 3.8) is 0 Å². The van der Waals surface area contributed by atoms with Crippen molar-refractivity contribution >= 4 is 5.95 Å². The Morgan fingerprint density at radius 3 is 2.75 bits per heavy atom. The van der Waals surface area contributed by atoms with Crippen LogP contribution in [-0.2, 0) is 4.74 Å². The number of aromatic amines is 1. The van der Waals surface area contributed by atoms with Crippen molar-refractivity contribution in [2.75, 3.05) is 24.6 Å². The lowest BCUT2D eigenvalue weighted by atomic mass is 9.91. The molecule has 6 nitrogen and oxygen atoms in total. The second kappa shape index (κ2) is 6.10. The van der Waals surface area contributed by atoms with Crippen LogP contribution in [0.2, 0.25) is 0 Å². The Labute approximate surface area is 120 Å². The molecule has 0 aliphatic carbocycles. The van der Waals surface area contributed by atoms with Gasteiger partial charge in [-0.15, -0.1) is 5.10 Å². The van der Waals surface area contributed by atoms with Crippen LogP contribution in [0.25, 0.3) is 0 Å². The Kier molecular flexibility index (Phi) is 4.21. The number of piperidine rings is 1. The van der Waals surface area contributed by atoms with Gasteiger partial charge in [-0.1, -0.05) is 0 Å². The number of nitrogens with one attached hydrogen (secondary N) is 1. The maximum Gasteiger partial charge on any atom is 0.244 e. The van der Waals surface area contributed by atoms with Crippen LogP contribution in [-0.4, -0.2) is 40.9 Å². The molecule has 0 spiro atoms. The predicted molar refractivity (Wildman–Crippen MR) is 77.5 cm³/mol. The van der Waals surface area contributed by atoms with E-state index in [1.54, 1.807) is 0 Å². The van der Waals surface area contributed by atoms with Crippen LogP contribution in [0.3, 0.4) is 0 Å². The molecule has 6 heteroatoms. The van der Waals surface area contributed by atoms with Gasteiger partial charge in [-0.2, -0.15) is 4.98 Å². The zero-order valence-electron chi connectivity index (χ0n) is 12.2. The SMILES string of the molecule is CC(N)C1CCN(c2n[nH]c(C3CCCCO3)n2)CC1. The molecule has 0 radical (unpaired) electrons. The zero-order valence-corrected chi connectivity index (χ0v) is 12.2. The van der Waals surface area contributed by atoms with E-state index in [1.165, 1.54) is 6.42 Å². The molecule has 0 aromatic carbocycles. The molecule has 2 aliphatic rings. The van der Waals surface area contributed by atoms with E-state index in [9.17, 15) is 0 Å². The summed E-state index contributed by atoms with van der Waals surface area (Å²) in [6, 6.07) is 0.287. The summed E-state index contributed by atoms with van der Waals surface area (Å²) < 4.78 is 5.74. The number of aromatic nitrogens is 3. The third-order valence-electron chi connectivity index (χ3n) is 4.54. The van der Waals surface area contributed by atoms with Gasteiger partial charge in [0.15, 0.2) is 5.82 Å². The maximum absolute atomic E-state index is 5.98. The monoisotopic (exact) mass is 279 g/mol. The van der Waals surface area contributed by atoms with Crippen LogP contribution in [0.1, 0.15) is 51.0 Å². The highest BCUT2D eigenvalue weighted by molar-refractivity contribution is 5.29. The molecular formula is C14H25N5O. The molecule has 0 amide bonds. The van der Waals surface area contributed by atoms with E-state index >= 15 is 0 Å². The predicted octanol–water partition coefficient (Wildman–Crippen LogP) is 1.61. The van der Waals surface area contributed by atoms with E-state index < -0.39 is 0 Å². The van der Waals surface area contributed by atoms with Crippen LogP contribution >= 0.6 is 0 Å². The van der Waals surface area contributed by atoms with Crippen molar-refractivity contribution in [2.45, 2.75) is 51.2 Å². The van der Waals surface area contributed by atoms with Crippen LogP contribution in [0, 0.1) is 5.92 Å². The number of rotatable bonds is 3. The molecule has 0 saturated carbocycles. The van der Waals surface area contributed by atoms with E-state index in [2.05, 4.69) is 27.0 Å². The van der Waals surface area contributed by atoms with Gasteiger partial charge in [0.25, 0.3) is 0 Å². The number of hydrogen-bond acceptors (Lipinski definition) is 5. The van der Waals surface area contributed by atoms with Crippen LogP contribution in [0.15, 0.2) is 0 Å². The first-order valence-corrected chi connectivity index (χ1v) is 7.78. The fourth-order valence-corrected chi connectivity index (χ4v) is 3.13. The van der Waals surface area contributed by atoms with Gasteiger partial charge < -0.3 is 15.4 Å². The molecular weight excluding hydrogens is 254 g/mol. The molecule has 3 rings (SSSR count). The number of anilines is 1. The second-order valence-electron chi connectivity index (χ2n) is 6.06. The Morgan fingerprint density at radius 2 is 2.10 bits per heavy atom. The molecule has 2 atom stereocenters. The molecule has 3 N–H and O–H groups in total. The minimum Gasteiger partial charge on any atom is -0.370 e. The van der Waals surface area contributed by atoms with Gasteiger partial charge in [0.1, 0.15) is 6.10 Å². The van der Waals surface area contributed by atoms with Gasteiger partial charge in [-0.05, 0) is 44.9 Å². The van der Waals surface area contributed by atoms with Crippen molar-refractivity contribution in [1.29, 1.82) is 0 Å². The largest absolute Gasteiger partial charge is 0.370 e. The van der Waals surface area contributed by atoms with Gasteiger partial charge >= 0.3 is 0 Å². The summed E-state index contributed by atoms with van der Waals surface area (Å²) in [6.45, 7) is 4.93. The Morgan fingerprint density at radius 1 is 1.30 bits per heavy atom. The summed E-state index contributed by atoms with van der Waals surface area (Å²) in [6.07, 6.45) is 5.76. The first kappa shape index (κ1) is 13.8. The van der Waals surface area contributed by atoms with Gasteiger partial charge in [0.2, 0.25) is 5.95 Å². The van der Waals surface area contributed by atoms with Gasteiger partial charge in [0, 0.05) is 25.7 Å². The third kappa shape index (κ3) is 2.96. The van der Waals surface area contributed by atoms with Gasteiger partial charge in [-0.25, -0.2) is 0 Å². The Balaban J connectivity index is 1.60. The van der Waals surface area contributed by atoms with Gasteiger partial charge in [0.05, 0.1) is 0 Å². The van der Waals surface area contributed by atoms with Crippen LogP contribution in [0.4, 0.5) is 5.95 Å². The van der Waals surface area contributed by atoms with Gasteiger partial charge in [-0.3, -0.25) is 5.10 Å². The number of ether oxygens (including phenoxy) is 1. The van der Waals surface area contributed by atoms with Crippen molar-refractivity contribution in [3.8, 4) is 0 Å².